The fourth-order valence-electron chi connectivity index (χ4n) is 2.35. The third-order valence-electron chi connectivity index (χ3n) is 4.12. The number of aryl methyl sites for hydroxylation is 2. The van der Waals surface area contributed by atoms with E-state index < -0.39 is 10.0 Å². The zero-order valence-corrected chi connectivity index (χ0v) is 14.5. The minimum atomic E-state index is -3.66. The highest BCUT2D eigenvalue weighted by Crippen LogP contribution is 2.30. The Balaban J connectivity index is 1.79. The van der Waals surface area contributed by atoms with Gasteiger partial charge in [-0.25, -0.2) is 8.42 Å². The Morgan fingerprint density at radius 1 is 1.00 bits per heavy atom. The number of rotatable bonds is 5. The first kappa shape index (κ1) is 16.5. The van der Waals surface area contributed by atoms with Crippen LogP contribution in [0.4, 0.5) is 11.4 Å². The molecular weight excluding hydrogens is 324 g/mol. The molecule has 0 heterocycles. The Morgan fingerprint density at radius 2 is 1.71 bits per heavy atom. The molecule has 0 saturated heterocycles. The maximum absolute atomic E-state index is 12.5. The Morgan fingerprint density at radius 3 is 2.38 bits per heavy atom. The van der Waals surface area contributed by atoms with E-state index in [-0.39, 0.29) is 16.7 Å². The number of sulfonamides is 1. The van der Waals surface area contributed by atoms with Gasteiger partial charge in [0, 0.05) is 11.6 Å². The van der Waals surface area contributed by atoms with E-state index in [1.165, 1.54) is 0 Å². The van der Waals surface area contributed by atoms with Gasteiger partial charge < -0.3 is 5.32 Å². The summed E-state index contributed by atoms with van der Waals surface area (Å²) in [6, 6.07) is 11.8. The molecular formula is C18H20N2O3S. The summed E-state index contributed by atoms with van der Waals surface area (Å²) in [5.74, 6) is 0.0880. The molecule has 0 aliphatic heterocycles. The van der Waals surface area contributed by atoms with Gasteiger partial charge in [-0.1, -0.05) is 12.1 Å². The molecule has 5 nitrogen and oxygen atoms in total. The SMILES string of the molecule is Cc1ccc(S(=O)(=O)Nc2cccc(NC(=O)C3CC3)c2)cc1C. The van der Waals surface area contributed by atoms with Crippen LogP contribution < -0.4 is 10.0 Å². The van der Waals surface area contributed by atoms with Gasteiger partial charge in [0.05, 0.1) is 10.6 Å². The number of anilines is 2. The van der Waals surface area contributed by atoms with Crippen LogP contribution in [0.1, 0.15) is 24.0 Å². The number of hydrogen-bond acceptors (Lipinski definition) is 3. The highest BCUT2D eigenvalue weighted by Gasteiger charge is 2.29. The average Bonchev–Trinajstić information content (AvgIpc) is 3.34. The second-order valence-electron chi connectivity index (χ2n) is 6.20. The molecule has 0 bridgehead atoms. The van der Waals surface area contributed by atoms with Crippen molar-refractivity contribution in [2.45, 2.75) is 31.6 Å². The van der Waals surface area contributed by atoms with Gasteiger partial charge in [-0.3, -0.25) is 9.52 Å². The number of benzene rings is 2. The lowest BCUT2D eigenvalue weighted by Crippen LogP contribution is -2.15. The molecule has 2 aromatic carbocycles. The Hall–Kier alpha value is -2.34. The van der Waals surface area contributed by atoms with Crippen molar-refractivity contribution in [2.75, 3.05) is 10.0 Å². The van der Waals surface area contributed by atoms with Crippen molar-refractivity contribution < 1.29 is 13.2 Å². The van der Waals surface area contributed by atoms with Crippen molar-refractivity contribution in [3.63, 3.8) is 0 Å². The number of carbonyl (C=O) groups excluding carboxylic acids is 1. The lowest BCUT2D eigenvalue weighted by molar-refractivity contribution is -0.117. The quantitative estimate of drug-likeness (QED) is 0.872. The van der Waals surface area contributed by atoms with Crippen LogP contribution >= 0.6 is 0 Å². The molecule has 0 spiro atoms. The summed E-state index contributed by atoms with van der Waals surface area (Å²) in [7, 11) is -3.66. The van der Waals surface area contributed by atoms with Crippen LogP contribution in [-0.2, 0) is 14.8 Å². The van der Waals surface area contributed by atoms with Crippen molar-refractivity contribution in [3.8, 4) is 0 Å². The summed E-state index contributed by atoms with van der Waals surface area (Å²) < 4.78 is 27.6. The third kappa shape index (κ3) is 3.76. The van der Waals surface area contributed by atoms with Gasteiger partial charge in [0.1, 0.15) is 0 Å². The van der Waals surface area contributed by atoms with Crippen LogP contribution in [-0.4, -0.2) is 14.3 Å². The van der Waals surface area contributed by atoms with Crippen molar-refractivity contribution in [1.29, 1.82) is 0 Å². The lowest BCUT2D eigenvalue weighted by atomic mass is 10.1. The molecule has 2 N–H and O–H groups in total. The standard InChI is InChI=1S/C18H20N2O3S/c1-12-6-9-17(10-13(12)2)24(22,23)20-16-5-3-4-15(11-16)19-18(21)14-7-8-14/h3-6,9-11,14,20H,7-8H2,1-2H3,(H,19,21). The van der Waals surface area contributed by atoms with Crippen LogP contribution in [0.5, 0.6) is 0 Å². The number of carbonyl (C=O) groups is 1. The maximum atomic E-state index is 12.5. The number of nitrogens with one attached hydrogen (secondary N) is 2. The summed E-state index contributed by atoms with van der Waals surface area (Å²) in [6.07, 6.45) is 1.84. The predicted octanol–water partition coefficient (Wildman–Crippen LogP) is 3.45. The van der Waals surface area contributed by atoms with E-state index in [9.17, 15) is 13.2 Å². The molecule has 1 saturated carbocycles. The van der Waals surface area contributed by atoms with Gasteiger partial charge in [0.25, 0.3) is 10.0 Å². The van der Waals surface area contributed by atoms with Crippen LogP contribution in [0, 0.1) is 19.8 Å². The Labute approximate surface area is 142 Å². The lowest BCUT2D eigenvalue weighted by Gasteiger charge is -2.11. The van der Waals surface area contributed by atoms with Gasteiger partial charge in [0.15, 0.2) is 0 Å². The summed E-state index contributed by atoms with van der Waals surface area (Å²) in [6.45, 7) is 3.81. The predicted molar refractivity (Wildman–Crippen MR) is 94.5 cm³/mol. The normalized spacial score (nSPS) is 14.2. The minimum Gasteiger partial charge on any atom is -0.326 e. The molecule has 2 aromatic rings. The molecule has 126 valence electrons. The summed E-state index contributed by atoms with van der Waals surface area (Å²) in [5, 5.41) is 2.81. The monoisotopic (exact) mass is 344 g/mol. The van der Waals surface area contributed by atoms with E-state index in [1.807, 2.05) is 13.8 Å². The topological polar surface area (TPSA) is 75.3 Å². The fourth-order valence-corrected chi connectivity index (χ4v) is 3.48. The van der Waals surface area contributed by atoms with Crippen molar-refractivity contribution >= 4 is 27.3 Å². The molecule has 24 heavy (non-hydrogen) atoms. The fraction of sp³-hybridized carbons (Fsp3) is 0.278. The molecule has 0 atom stereocenters. The van der Waals surface area contributed by atoms with Crippen molar-refractivity contribution in [2.24, 2.45) is 5.92 Å². The van der Waals surface area contributed by atoms with Crippen molar-refractivity contribution in [1.82, 2.24) is 0 Å². The zero-order valence-electron chi connectivity index (χ0n) is 13.7. The van der Waals surface area contributed by atoms with E-state index in [4.69, 9.17) is 0 Å². The second-order valence-corrected chi connectivity index (χ2v) is 7.88. The maximum Gasteiger partial charge on any atom is 0.261 e. The third-order valence-corrected chi connectivity index (χ3v) is 5.50. The largest absolute Gasteiger partial charge is 0.326 e. The van der Waals surface area contributed by atoms with E-state index in [1.54, 1.807) is 42.5 Å². The van der Waals surface area contributed by atoms with Crippen molar-refractivity contribution in [3.05, 3.63) is 53.6 Å². The molecule has 0 radical (unpaired) electrons. The van der Waals surface area contributed by atoms with Gasteiger partial charge in [-0.2, -0.15) is 0 Å². The molecule has 1 amide bonds. The highest BCUT2D eigenvalue weighted by molar-refractivity contribution is 7.92. The highest BCUT2D eigenvalue weighted by atomic mass is 32.2. The number of hydrogen-bond donors (Lipinski definition) is 2. The van der Waals surface area contributed by atoms with Gasteiger partial charge in [-0.15, -0.1) is 0 Å². The molecule has 1 aliphatic rings. The number of amides is 1. The first-order valence-electron chi connectivity index (χ1n) is 7.86. The van der Waals surface area contributed by atoms with Gasteiger partial charge >= 0.3 is 0 Å². The Bertz CT molecular complexity index is 887. The first-order valence-corrected chi connectivity index (χ1v) is 9.34. The first-order chi connectivity index (χ1) is 11.3. The summed E-state index contributed by atoms with van der Waals surface area (Å²) >= 11 is 0. The van der Waals surface area contributed by atoms with E-state index in [0.29, 0.717) is 11.4 Å². The van der Waals surface area contributed by atoms with Crippen LogP contribution in [0.3, 0.4) is 0 Å². The van der Waals surface area contributed by atoms with E-state index in [2.05, 4.69) is 10.0 Å². The van der Waals surface area contributed by atoms with Crippen LogP contribution in [0.25, 0.3) is 0 Å². The van der Waals surface area contributed by atoms with E-state index in [0.717, 1.165) is 24.0 Å². The average molecular weight is 344 g/mol. The van der Waals surface area contributed by atoms with Gasteiger partial charge in [0.2, 0.25) is 5.91 Å². The van der Waals surface area contributed by atoms with Crippen LogP contribution in [0.2, 0.25) is 0 Å². The Kier molecular flexibility index (Phi) is 4.32. The smallest absolute Gasteiger partial charge is 0.261 e. The molecule has 6 heteroatoms. The molecule has 0 unspecified atom stereocenters. The van der Waals surface area contributed by atoms with E-state index >= 15 is 0 Å². The van der Waals surface area contributed by atoms with Crippen LogP contribution in [0.15, 0.2) is 47.4 Å². The minimum absolute atomic E-state index is 0.0100. The zero-order chi connectivity index (χ0) is 17.3. The molecule has 0 aromatic heterocycles. The molecule has 3 rings (SSSR count). The van der Waals surface area contributed by atoms with Gasteiger partial charge in [-0.05, 0) is 68.1 Å². The second kappa shape index (κ2) is 6.28. The molecule has 1 aliphatic carbocycles. The summed E-state index contributed by atoms with van der Waals surface area (Å²) in [5.41, 5.74) is 2.97. The summed E-state index contributed by atoms with van der Waals surface area (Å²) in [4.78, 5) is 12.0. The molecule has 1 fully saturated rings.